The lowest BCUT2D eigenvalue weighted by Crippen LogP contribution is -2.48. The van der Waals surface area contributed by atoms with E-state index in [-0.39, 0.29) is 0 Å². The Balaban J connectivity index is 2.29. The molecule has 1 fully saturated rings. The zero-order valence-corrected chi connectivity index (χ0v) is 10.9. The standard InChI is InChI=1S/C13H25NO2/c1-4-12-10-16-11(3)9-14(12)8-6-7-13(15)5-2/h11-12H,4-10H2,1-3H3. The van der Waals surface area contributed by atoms with E-state index in [1.165, 1.54) is 0 Å². The predicted octanol–water partition coefficient (Wildman–Crippen LogP) is 2.25. The largest absolute Gasteiger partial charge is 0.376 e. The normalized spacial score (nSPS) is 26.9. The van der Waals surface area contributed by atoms with Crippen LogP contribution in [0.25, 0.3) is 0 Å². The molecule has 1 rings (SSSR count). The molecule has 0 aromatic rings. The molecule has 0 radical (unpaired) electrons. The van der Waals surface area contributed by atoms with Crippen molar-refractivity contribution < 1.29 is 9.53 Å². The van der Waals surface area contributed by atoms with Crippen LogP contribution in [0.15, 0.2) is 0 Å². The summed E-state index contributed by atoms with van der Waals surface area (Å²) in [5, 5.41) is 0. The SMILES string of the molecule is CCC(=O)CCCN1CC(C)OCC1CC. The Hall–Kier alpha value is -0.410. The maximum atomic E-state index is 11.2. The van der Waals surface area contributed by atoms with E-state index in [4.69, 9.17) is 4.74 Å². The fourth-order valence-corrected chi connectivity index (χ4v) is 2.22. The van der Waals surface area contributed by atoms with Gasteiger partial charge in [0.25, 0.3) is 0 Å². The third-order valence-electron chi connectivity index (χ3n) is 3.35. The number of hydrogen-bond donors (Lipinski definition) is 0. The summed E-state index contributed by atoms with van der Waals surface area (Å²) in [7, 11) is 0. The molecule has 1 heterocycles. The number of rotatable bonds is 6. The summed E-state index contributed by atoms with van der Waals surface area (Å²) in [6.07, 6.45) is 3.88. The first kappa shape index (κ1) is 13.7. The monoisotopic (exact) mass is 227 g/mol. The molecule has 1 aliphatic rings. The van der Waals surface area contributed by atoms with Crippen LogP contribution in [0.4, 0.5) is 0 Å². The van der Waals surface area contributed by atoms with E-state index in [2.05, 4.69) is 18.7 Å². The molecule has 0 spiro atoms. The van der Waals surface area contributed by atoms with Gasteiger partial charge in [-0.05, 0) is 26.3 Å². The van der Waals surface area contributed by atoms with Gasteiger partial charge >= 0.3 is 0 Å². The average Bonchev–Trinajstić information content (AvgIpc) is 2.29. The highest BCUT2D eigenvalue weighted by Crippen LogP contribution is 2.15. The lowest BCUT2D eigenvalue weighted by Gasteiger charge is -2.38. The molecule has 3 heteroatoms. The zero-order chi connectivity index (χ0) is 12.0. The molecular weight excluding hydrogens is 202 g/mol. The molecule has 0 aromatic heterocycles. The van der Waals surface area contributed by atoms with Crippen LogP contribution in [-0.2, 0) is 9.53 Å². The molecule has 3 nitrogen and oxygen atoms in total. The number of morpholine rings is 1. The highest BCUT2D eigenvalue weighted by molar-refractivity contribution is 5.77. The van der Waals surface area contributed by atoms with E-state index in [1.54, 1.807) is 0 Å². The van der Waals surface area contributed by atoms with Gasteiger partial charge in [0.1, 0.15) is 5.78 Å². The summed E-state index contributed by atoms with van der Waals surface area (Å²) in [4.78, 5) is 13.7. The number of Topliss-reactive ketones (excluding diaryl/α,β-unsaturated/α-hetero) is 1. The predicted molar refractivity (Wildman–Crippen MR) is 65.6 cm³/mol. The van der Waals surface area contributed by atoms with Crippen LogP contribution in [0.1, 0.15) is 46.5 Å². The topological polar surface area (TPSA) is 29.5 Å². The number of nitrogens with zero attached hydrogens (tertiary/aromatic N) is 1. The minimum absolute atomic E-state index is 0.338. The van der Waals surface area contributed by atoms with Crippen molar-refractivity contribution in [1.29, 1.82) is 0 Å². The van der Waals surface area contributed by atoms with Crippen molar-refractivity contribution in [3.05, 3.63) is 0 Å². The van der Waals surface area contributed by atoms with Crippen LogP contribution in [0.5, 0.6) is 0 Å². The van der Waals surface area contributed by atoms with Crippen LogP contribution in [0.3, 0.4) is 0 Å². The minimum atomic E-state index is 0.338. The molecule has 0 N–H and O–H groups in total. The van der Waals surface area contributed by atoms with Crippen molar-refractivity contribution >= 4 is 5.78 Å². The first-order valence-electron chi connectivity index (χ1n) is 6.54. The van der Waals surface area contributed by atoms with Gasteiger partial charge in [-0.1, -0.05) is 13.8 Å². The first-order valence-corrected chi connectivity index (χ1v) is 6.54. The Morgan fingerprint density at radius 1 is 1.44 bits per heavy atom. The number of ketones is 1. The van der Waals surface area contributed by atoms with Gasteiger partial charge in [-0.3, -0.25) is 9.69 Å². The quantitative estimate of drug-likeness (QED) is 0.697. The van der Waals surface area contributed by atoms with Crippen molar-refractivity contribution in [3.8, 4) is 0 Å². The minimum Gasteiger partial charge on any atom is -0.376 e. The van der Waals surface area contributed by atoms with E-state index in [0.29, 0.717) is 24.3 Å². The van der Waals surface area contributed by atoms with Gasteiger partial charge in [0.2, 0.25) is 0 Å². The second kappa shape index (κ2) is 7.02. The molecular formula is C13H25NO2. The summed E-state index contributed by atoms with van der Waals surface area (Å²) in [6.45, 7) is 9.16. The number of ether oxygens (including phenoxy) is 1. The molecule has 0 saturated carbocycles. The molecule has 94 valence electrons. The molecule has 2 atom stereocenters. The second-order valence-electron chi connectivity index (χ2n) is 4.70. The lowest BCUT2D eigenvalue weighted by atomic mass is 10.1. The van der Waals surface area contributed by atoms with E-state index < -0.39 is 0 Å². The fourth-order valence-electron chi connectivity index (χ4n) is 2.22. The molecule has 0 amide bonds. The third kappa shape index (κ3) is 4.22. The first-order chi connectivity index (χ1) is 7.67. The summed E-state index contributed by atoms with van der Waals surface area (Å²) >= 11 is 0. The van der Waals surface area contributed by atoms with Gasteiger partial charge in [-0.25, -0.2) is 0 Å². The lowest BCUT2D eigenvalue weighted by molar-refractivity contribution is -0.119. The summed E-state index contributed by atoms with van der Waals surface area (Å²) in [5.74, 6) is 0.384. The molecule has 0 bridgehead atoms. The van der Waals surface area contributed by atoms with Crippen LogP contribution in [-0.4, -0.2) is 42.5 Å². The molecule has 16 heavy (non-hydrogen) atoms. The van der Waals surface area contributed by atoms with E-state index in [0.717, 1.165) is 39.0 Å². The Kier molecular flexibility index (Phi) is 5.99. The smallest absolute Gasteiger partial charge is 0.132 e. The van der Waals surface area contributed by atoms with Crippen molar-refractivity contribution in [2.45, 2.75) is 58.6 Å². The highest BCUT2D eigenvalue weighted by atomic mass is 16.5. The summed E-state index contributed by atoms with van der Waals surface area (Å²) in [6, 6.07) is 0.549. The molecule has 1 saturated heterocycles. The van der Waals surface area contributed by atoms with Crippen molar-refractivity contribution in [1.82, 2.24) is 4.90 Å². The number of carbonyl (C=O) groups is 1. The van der Waals surface area contributed by atoms with E-state index >= 15 is 0 Å². The Labute approximate surface area is 99.1 Å². The van der Waals surface area contributed by atoms with Crippen molar-refractivity contribution in [2.24, 2.45) is 0 Å². The third-order valence-corrected chi connectivity index (χ3v) is 3.35. The van der Waals surface area contributed by atoms with Gasteiger partial charge in [-0.15, -0.1) is 0 Å². The van der Waals surface area contributed by atoms with Gasteiger partial charge in [0.05, 0.1) is 12.7 Å². The molecule has 2 unspecified atom stereocenters. The van der Waals surface area contributed by atoms with Crippen LogP contribution in [0, 0.1) is 0 Å². The van der Waals surface area contributed by atoms with Crippen LogP contribution in [0.2, 0.25) is 0 Å². The zero-order valence-electron chi connectivity index (χ0n) is 10.9. The number of carbonyl (C=O) groups excluding carboxylic acids is 1. The van der Waals surface area contributed by atoms with Crippen LogP contribution >= 0.6 is 0 Å². The number of hydrogen-bond acceptors (Lipinski definition) is 3. The molecule has 0 aromatic carbocycles. The maximum absolute atomic E-state index is 11.2. The fraction of sp³-hybridized carbons (Fsp3) is 0.923. The average molecular weight is 227 g/mol. The summed E-state index contributed by atoms with van der Waals surface area (Å²) in [5.41, 5.74) is 0. The summed E-state index contributed by atoms with van der Waals surface area (Å²) < 4.78 is 5.65. The van der Waals surface area contributed by atoms with Gasteiger partial charge < -0.3 is 4.74 Å². The van der Waals surface area contributed by atoms with E-state index in [1.807, 2.05) is 6.92 Å². The molecule has 0 aliphatic carbocycles. The van der Waals surface area contributed by atoms with Crippen molar-refractivity contribution in [2.75, 3.05) is 19.7 Å². The van der Waals surface area contributed by atoms with Crippen LogP contribution < -0.4 is 0 Å². The Morgan fingerprint density at radius 2 is 2.19 bits per heavy atom. The van der Waals surface area contributed by atoms with Gasteiger partial charge in [0.15, 0.2) is 0 Å². The second-order valence-corrected chi connectivity index (χ2v) is 4.70. The maximum Gasteiger partial charge on any atom is 0.132 e. The van der Waals surface area contributed by atoms with Gasteiger partial charge in [-0.2, -0.15) is 0 Å². The van der Waals surface area contributed by atoms with Gasteiger partial charge in [0, 0.05) is 25.4 Å². The highest BCUT2D eigenvalue weighted by Gasteiger charge is 2.24. The van der Waals surface area contributed by atoms with E-state index in [9.17, 15) is 4.79 Å². The van der Waals surface area contributed by atoms with Crippen molar-refractivity contribution in [3.63, 3.8) is 0 Å². The Morgan fingerprint density at radius 3 is 2.81 bits per heavy atom. The molecule has 1 aliphatic heterocycles. The Bertz CT molecular complexity index is 218.